The van der Waals surface area contributed by atoms with Crippen molar-refractivity contribution >= 4 is 11.4 Å². The lowest BCUT2D eigenvalue weighted by Crippen LogP contribution is -2.48. The van der Waals surface area contributed by atoms with Gasteiger partial charge in [-0.1, -0.05) is 30.3 Å². The van der Waals surface area contributed by atoms with E-state index in [-0.39, 0.29) is 5.69 Å². The maximum atomic E-state index is 11.2. The quantitative estimate of drug-likeness (QED) is 0.612. The van der Waals surface area contributed by atoms with Crippen molar-refractivity contribution in [1.29, 1.82) is 0 Å². The molecular weight excluding hydrogens is 320 g/mol. The highest BCUT2D eigenvalue weighted by Gasteiger charge is 2.34. The van der Waals surface area contributed by atoms with Gasteiger partial charge in [-0.3, -0.25) is 10.1 Å². The fraction of sp³-hybridized carbons (Fsp3) is 0.368. The van der Waals surface area contributed by atoms with Gasteiger partial charge >= 0.3 is 5.69 Å². The second kappa shape index (κ2) is 7.11. The van der Waals surface area contributed by atoms with Gasteiger partial charge in [-0.25, -0.2) is 0 Å². The van der Waals surface area contributed by atoms with Gasteiger partial charge in [0, 0.05) is 24.4 Å². The summed E-state index contributed by atoms with van der Waals surface area (Å²) in [6.07, 6.45) is 0. The summed E-state index contributed by atoms with van der Waals surface area (Å²) < 4.78 is 11.5. The molecular formula is C19H22N2O4. The van der Waals surface area contributed by atoms with Crippen molar-refractivity contribution in [3.63, 3.8) is 0 Å². The normalized spacial score (nSPS) is 20.3. The minimum Gasteiger partial charge on any atom is -0.487 e. The highest BCUT2D eigenvalue weighted by molar-refractivity contribution is 5.59. The third-order valence-electron chi connectivity index (χ3n) is 4.46. The summed E-state index contributed by atoms with van der Waals surface area (Å²) in [5.41, 5.74) is 1.59. The van der Waals surface area contributed by atoms with Gasteiger partial charge in [0.1, 0.15) is 5.60 Å². The lowest BCUT2D eigenvalue weighted by molar-refractivity contribution is -0.385. The molecule has 1 aliphatic rings. The molecule has 1 aliphatic heterocycles. The van der Waals surface area contributed by atoms with Gasteiger partial charge in [-0.05, 0) is 25.5 Å². The van der Waals surface area contributed by atoms with E-state index in [0.717, 1.165) is 17.8 Å². The van der Waals surface area contributed by atoms with Crippen LogP contribution in [-0.4, -0.2) is 31.2 Å². The smallest absolute Gasteiger partial charge is 0.311 e. The molecule has 6 heteroatoms. The number of morpholine rings is 1. The van der Waals surface area contributed by atoms with E-state index in [1.165, 1.54) is 6.07 Å². The fourth-order valence-corrected chi connectivity index (χ4v) is 3.18. The minimum atomic E-state index is -0.424. The number of nitro benzene ring substituents is 1. The van der Waals surface area contributed by atoms with E-state index in [9.17, 15) is 10.1 Å². The van der Waals surface area contributed by atoms with Gasteiger partial charge in [0.25, 0.3) is 0 Å². The van der Waals surface area contributed by atoms with Crippen LogP contribution < -0.4 is 9.64 Å². The second-order valence-corrected chi connectivity index (χ2v) is 6.21. The van der Waals surface area contributed by atoms with Gasteiger partial charge in [0.15, 0.2) is 5.75 Å². The van der Waals surface area contributed by atoms with Crippen molar-refractivity contribution in [1.82, 2.24) is 0 Å². The Kier molecular flexibility index (Phi) is 4.90. The summed E-state index contributed by atoms with van der Waals surface area (Å²) in [6.45, 7) is 6.26. The van der Waals surface area contributed by atoms with Crippen molar-refractivity contribution in [2.24, 2.45) is 0 Å². The molecule has 1 atom stereocenters. The number of ether oxygens (including phenoxy) is 2. The van der Waals surface area contributed by atoms with Crippen LogP contribution in [0, 0.1) is 10.1 Å². The molecule has 0 aromatic heterocycles. The molecule has 0 amide bonds. The first kappa shape index (κ1) is 17.2. The maximum Gasteiger partial charge on any atom is 0.311 e. The number of rotatable bonds is 5. The zero-order chi connectivity index (χ0) is 17.9. The Morgan fingerprint density at radius 3 is 2.72 bits per heavy atom. The topological polar surface area (TPSA) is 64.8 Å². The molecule has 132 valence electrons. The summed E-state index contributed by atoms with van der Waals surface area (Å²) in [7, 11) is 0. The van der Waals surface area contributed by atoms with E-state index in [4.69, 9.17) is 9.47 Å². The highest BCUT2D eigenvalue weighted by atomic mass is 16.6. The van der Waals surface area contributed by atoms with Gasteiger partial charge in [0.2, 0.25) is 0 Å². The molecule has 6 nitrogen and oxygen atoms in total. The lowest BCUT2D eigenvalue weighted by Gasteiger charge is -2.42. The van der Waals surface area contributed by atoms with Crippen molar-refractivity contribution < 1.29 is 14.4 Å². The van der Waals surface area contributed by atoms with E-state index in [0.29, 0.717) is 25.5 Å². The van der Waals surface area contributed by atoms with E-state index in [1.54, 1.807) is 12.1 Å². The minimum absolute atomic E-state index is 0.00956. The monoisotopic (exact) mass is 342 g/mol. The standard InChI is InChI=1S/C19H22N2O4/c1-3-24-18-13-16(9-10-17(18)21(22)23)20-11-12-25-19(2,14-20)15-7-5-4-6-8-15/h4-10,13H,3,11-12,14H2,1-2H3. The van der Waals surface area contributed by atoms with Crippen LogP contribution in [-0.2, 0) is 10.3 Å². The Morgan fingerprint density at radius 2 is 2.04 bits per heavy atom. The predicted molar refractivity (Wildman–Crippen MR) is 96.2 cm³/mol. The van der Waals surface area contributed by atoms with E-state index < -0.39 is 10.5 Å². The molecule has 3 rings (SSSR count). The largest absolute Gasteiger partial charge is 0.487 e. The Bertz CT molecular complexity index is 750. The van der Waals surface area contributed by atoms with E-state index in [1.807, 2.05) is 25.1 Å². The SMILES string of the molecule is CCOc1cc(N2CCOC(C)(c3ccccc3)C2)ccc1[N+](=O)[O-]. The van der Waals surface area contributed by atoms with Crippen LogP contribution >= 0.6 is 0 Å². The van der Waals surface area contributed by atoms with Gasteiger partial charge in [0.05, 0.1) is 24.7 Å². The average Bonchev–Trinajstić information content (AvgIpc) is 2.62. The van der Waals surface area contributed by atoms with Crippen LogP contribution in [0.5, 0.6) is 5.75 Å². The second-order valence-electron chi connectivity index (χ2n) is 6.21. The van der Waals surface area contributed by atoms with Crippen molar-refractivity contribution in [2.45, 2.75) is 19.4 Å². The number of benzene rings is 2. The maximum absolute atomic E-state index is 11.2. The molecule has 2 aromatic rings. The van der Waals surface area contributed by atoms with Gasteiger partial charge < -0.3 is 14.4 Å². The van der Waals surface area contributed by atoms with E-state index >= 15 is 0 Å². The summed E-state index contributed by atoms with van der Waals surface area (Å²) in [4.78, 5) is 12.9. The molecule has 1 saturated heterocycles. The highest BCUT2D eigenvalue weighted by Crippen LogP contribution is 2.35. The Hall–Kier alpha value is -2.60. The predicted octanol–water partition coefficient (Wildman–Crippen LogP) is 3.75. The van der Waals surface area contributed by atoms with Gasteiger partial charge in [-0.2, -0.15) is 0 Å². The Labute approximate surface area is 147 Å². The molecule has 0 aliphatic carbocycles. The molecule has 0 saturated carbocycles. The molecule has 0 radical (unpaired) electrons. The first-order valence-electron chi connectivity index (χ1n) is 8.39. The Balaban J connectivity index is 1.89. The molecule has 0 N–H and O–H groups in total. The third-order valence-corrected chi connectivity index (χ3v) is 4.46. The lowest BCUT2D eigenvalue weighted by atomic mass is 9.93. The summed E-state index contributed by atoms with van der Waals surface area (Å²) in [5, 5.41) is 11.2. The van der Waals surface area contributed by atoms with Crippen LogP contribution in [0.2, 0.25) is 0 Å². The third kappa shape index (κ3) is 3.58. The van der Waals surface area contributed by atoms with Crippen molar-refractivity contribution in [3.05, 3.63) is 64.2 Å². The molecule has 1 unspecified atom stereocenters. The molecule has 1 fully saturated rings. The number of hydrogen-bond donors (Lipinski definition) is 0. The van der Waals surface area contributed by atoms with Crippen LogP contribution in [0.4, 0.5) is 11.4 Å². The number of nitro groups is 1. The summed E-state index contributed by atoms with van der Waals surface area (Å²) in [5.74, 6) is 0.304. The molecule has 1 heterocycles. The van der Waals surface area contributed by atoms with Crippen LogP contribution in [0.3, 0.4) is 0 Å². The van der Waals surface area contributed by atoms with E-state index in [2.05, 4.69) is 24.0 Å². The van der Waals surface area contributed by atoms with Crippen molar-refractivity contribution in [2.75, 3.05) is 31.2 Å². The fourth-order valence-electron chi connectivity index (χ4n) is 3.18. The molecule has 0 bridgehead atoms. The number of nitrogens with zero attached hydrogens (tertiary/aromatic N) is 2. The molecule has 2 aromatic carbocycles. The first-order chi connectivity index (χ1) is 12.0. The van der Waals surface area contributed by atoms with Crippen LogP contribution in [0.25, 0.3) is 0 Å². The van der Waals surface area contributed by atoms with Crippen molar-refractivity contribution in [3.8, 4) is 5.75 Å². The molecule has 0 spiro atoms. The van der Waals surface area contributed by atoms with Crippen LogP contribution in [0.1, 0.15) is 19.4 Å². The average molecular weight is 342 g/mol. The van der Waals surface area contributed by atoms with Crippen LogP contribution in [0.15, 0.2) is 48.5 Å². The zero-order valence-corrected chi connectivity index (χ0v) is 14.5. The summed E-state index contributed by atoms with van der Waals surface area (Å²) >= 11 is 0. The summed E-state index contributed by atoms with van der Waals surface area (Å²) in [6, 6.07) is 15.1. The Morgan fingerprint density at radius 1 is 1.28 bits per heavy atom. The number of hydrogen-bond acceptors (Lipinski definition) is 5. The van der Waals surface area contributed by atoms with Gasteiger partial charge in [-0.15, -0.1) is 0 Å². The molecule has 25 heavy (non-hydrogen) atoms. The number of anilines is 1. The first-order valence-corrected chi connectivity index (χ1v) is 8.39. The zero-order valence-electron chi connectivity index (χ0n) is 14.5.